The Kier molecular flexibility index (Phi) is 14.1. The molecule has 0 atom stereocenters. The zero-order chi connectivity index (χ0) is 74.1. The highest BCUT2D eigenvalue weighted by atomic mass is 16.1. The van der Waals surface area contributed by atoms with E-state index in [9.17, 15) is 4.79 Å². The van der Waals surface area contributed by atoms with Crippen LogP contribution in [-0.4, -0.2) is 29.5 Å². The molecule has 0 N–H and O–H groups in total. The number of hydrogen-bond donors (Lipinski definition) is 0. The van der Waals surface area contributed by atoms with Gasteiger partial charge in [0.1, 0.15) is 0 Å². The number of hydrogen-bond acceptors (Lipinski definition) is 6. The third-order valence-corrected chi connectivity index (χ3v) is 24.4. The highest BCUT2D eigenvalue weighted by Crippen LogP contribution is 2.53. The van der Waals surface area contributed by atoms with Gasteiger partial charge in [0.25, 0.3) is 11.1 Å². The van der Waals surface area contributed by atoms with Gasteiger partial charge in [-0.15, -0.1) is 0 Å². The van der Waals surface area contributed by atoms with Gasteiger partial charge in [0, 0.05) is 76.3 Å². The normalized spacial score (nSPS) is 14.4. The third-order valence-electron chi connectivity index (χ3n) is 24.4. The Morgan fingerprint density at radius 1 is 0.288 bits per heavy atom. The van der Waals surface area contributed by atoms with Gasteiger partial charge in [0.15, 0.2) is 17.5 Å². The molecule has 524 valence electrons. The van der Waals surface area contributed by atoms with Crippen LogP contribution in [-0.2, 0) is 10.8 Å². The van der Waals surface area contributed by atoms with E-state index >= 15 is 4.79 Å². The summed E-state index contributed by atoms with van der Waals surface area (Å²) in [5.41, 5.74) is 28.8. The predicted octanol–water partition coefficient (Wildman–Crippen LogP) is 24.6. The van der Waals surface area contributed by atoms with Crippen molar-refractivity contribution >= 4 is 92.9 Å². The maximum atomic E-state index is 15.8. The third kappa shape index (κ3) is 9.93. The fraction of sp³-hybridized carbons (Fsp3) is 0.0874. The van der Waals surface area contributed by atoms with Crippen LogP contribution in [0, 0.1) is 0 Å². The number of fused-ring (bicyclic) bond motifs is 16. The van der Waals surface area contributed by atoms with Crippen LogP contribution in [0.15, 0.2) is 330 Å². The molecule has 14 aromatic carbocycles. The van der Waals surface area contributed by atoms with Crippen molar-refractivity contribution in [2.45, 2.75) is 57.8 Å². The van der Waals surface area contributed by atoms with Crippen LogP contribution in [0.25, 0.3) is 177 Å². The van der Waals surface area contributed by atoms with Gasteiger partial charge in [-0.25, -0.2) is 15.0 Å². The number of benzene rings is 14. The zero-order valence-corrected chi connectivity index (χ0v) is 61.6. The average Bonchev–Trinajstić information content (AvgIpc) is 1.57. The molecule has 8 nitrogen and oxygen atoms in total. The molecule has 6 heterocycles. The summed E-state index contributed by atoms with van der Waals surface area (Å²) in [5, 5.41) is 9.20. The topological polar surface area (TPSA) is 94.0 Å². The second kappa shape index (κ2) is 24.3. The van der Waals surface area contributed by atoms with E-state index in [-0.39, 0.29) is 21.9 Å². The van der Waals surface area contributed by atoms with E-state index in [2.05, 4.69) is 258 Å². The van der Waals surface area contributed by atoms with Crippen molar-refractivity contribution in [3.63, 3.8) is 0 Å². The molecular weight excluding hydrogens is 1350 g/mol. The van der Waals surface area contributed by atoms with E-state index in [0.717, 1.165) is 155 Å². The molecule has 8 heteroatoms. The molecule has 0 bridgehead atoms. The van der Waals surface area contributed by atoms with Crippen molar-refractivity contribution < 1.29 is 0 Å². The average molecular weight is 1420 g/mol. The summed E-state index contributed by atoms with van der Waals surface area (Å²) >= 11 is 0. The van der Waals surface area contributed by atoms with Crippen molar-refractivity contribution in [3.8, 4) is 89.8 Å². The minimum absolute atomic E-state index is 0.0422. The lowest BCUT2D eigenvalue weighted by Crippen LogP contribution is -2.14. The summed E-state index contributed by atoms with van der Waals surface area (Å²) in [4.78, 5) is 51.6. The molecule has 0 radical (unpaired) electrons. The Morgan fingerprint density at radius 2 is 0.685 bits per heavy atom. The van der Waals surface area contributed by atoms with E-state index in [1.54, 1.807) is 0 Å². The molecule has 111 heavy (non-hydrogen) atoms. The largest absolute Gasteiger partial charge is 0.275 e. The number of aliphatic imine (C=N–C) groups is 1. The molecule has 0 saturated heterocycles. The number of aromatic nitrogens is 5. The van der Waals surface area contributed by atoms with Crippen molar-refractivity contribution in [2.75, 3.05) is 0 Å². The smallest absolute Gasteiger partial charge is 0.263 e. The number of allylic oxidation sites excluding steroid dienone is 3. The Hall–Kier alpha value is -13.8. The molecule has 0 unspecified atom stereocenters. The Balaban J connectivity index is 0.659. The van der Waals surface area contributed by atoms with Crippen LogP contribution >= 0.6 is 0 Å². The molecule has 1 aliphatic heterocycles. The summed E-state index contributed by atoms with van der Waals surface area (Å²) in [6.45, 7) is 9.36. The summed E-state index contributed by atoms with van der Waals surface area (Å²) in [6, 6.07) is 108. The summed E-state index contributed by atoms with van der Waals surface area (Å²) < 4.78 is 3.90. The van der Waals surface area contributed by atoms with Crippen LogP contribution in [0.1, 0.15) is 85.9 Å². The van der Waals surface area contributed by atoms with E-state index in [1.807, 2.05) is 93.7 Å². The molecule has 2 aliphatic carbocycles. The SMILES string of the molecule is CC1(C)c2ccccc2-c2ccc(-c3ccc4c(c3)c3cc(-c5ccc6c(c5)C(C)(C)c5ccccc5-6)cc5c6ccc(-c7ccc(C8=CCC(c9cc%10c%11ccccc%11c(=O)n%11c%12ccc(-c%13nc(-c%14ccccc%14)nc(-c%14ccccc%14)n%13)cc%12c(c9)c%10%11)=CCCC(c9ccccc9)=N8)cc7)cc6c(=O)n4c53)cc21. The van der Waals surface area contributed by atoms with Gasteiger partial charge < -0.3 is 0 Å². The number of pyridine rings is 2. The monoisotopic (exact) mass is 1420 g/mol. The fourth-order valence-corrected chi connectivity index (χ4v) is 18.8. The molecule has 3 aliphatic rings. The first-order valence-electron chi connectivity index (χ1n) is 38.4. The van der Waals surface area contributed by atoms with E-state index < -0.39 is 0 Å². The molecule has 19 aromatic rings. The second-order valence-corrected chi connectivity index (χ2v) is 31.4. The van der Waals surface area contributed by atoms with Gasteiger partial charge >= 0.3 is 0 Å². The van der Waals surface area contributed by atoms with Gasteiger partial charge in [-0.05, 0) is 209 Å². The molecule has 0 fully saturated rings. The summed E-state index contributed by atoms with van der Waals surface area (Å²) in [6.07, 6.45) is 6.72. The van der Waals surface area contributed by atoms with Crippen LogP contribution in [0.4, 0.5) is 0 Å². The molecular formula is C103H70N6O2. The minimum atomic E-state index is -0.179. The summed E-state index contributed by atoms with van der Waals surface area (Å²) in [7, 11) is 0. The number of rotatable bonds is 9. The lowest BCUT2D eigenvalue weighted by atomic mass is 9.81. The first kappa shape index (κ1) is 64.4. The van der Waals surface area contributed by atoms with Crippen molar-refractivity contribution in [3.05, 3.63) is 375 Å². The highest BCUT2D eigenvalue weighted by molar-refractivity contribution is 6.24. The fourth-order valence-electron chi connectivity index (χ4n) is 18.8. The number of nitrogens with zero attached hydrogens (tertiary/aromatic N) is 6. The Morgan fingerprint density at radius 3 is 1.28 bits per heavy atom. The van der Waals surface area contributed by atoms with Gasteiger partial charge in [-0.3, -0.25) is 23.4 Å². The zero-order valence-electron chi connectivity index (χ0n) is 61.6. The van der Waals surface area contributed by atoms with Crippen LogP contribution in [0.3, 0.4) is 0 Å². The predicted molar refractivity (Wildman–Crippen MR) is 459 cm³/mol. The van der Waals surface area contributed by atoms with Crippen molar-refractivity contribution in [2.24, 2.45) is 4.99 Å². The lowest BCUT2D eigenvalue weighted by molar-refractivity contribution is 0.660. The maximum Gasteiger partial charge on any atom is 0.263 e. The lowest BCUT2D eigenvalue weighted by Gasteiger charge is -2.22. The van der Waals surface area contributed by atoms with Gasteiger partial charge in [0.05, 0.1) is 27.8 Å². The standard InChI is InChI=1S/C103H70N6O2/c1-102(2)87-32-18-16-29-75(87)77-46-40-68(58-89(77)102)67-43-49-93-80(51-67)85-57-72(69-41-47-78-76-30-17-19-33-88(76)103(3,4)90(78)59-69)56-83-74-45-39-66(52-86(74)101(111)109(93)96(83)85)61-35-37-63(38-36-61)92-48-42-60(27-20-34-91(104-92)62-21-8-5-9-22-62)71-54-82-73-28-14-15-31-79(73)100(110)108-94-50-44-70(53-81(94)84(55-71)95(82)108)99-106-97(64-23-10-6-11-24-64)105-98(107-99)65-25-12-7-13-26-65/h5-19,21-33,35-41,43-59H,20,34,42H2,1-4H3. The van der Waals surface area contributed by atoms with Crippen LogP contribution in [0.2, 0.25) is 0 Å². The highest BCUT2D eigenvalue weighted by Gasteiger charge is 2.37. The molecule has 22 rings (SSSR count). The maximum absolute atomic E-state index is 15.8. The molecule has 0 saturated carbocycles. The van der Waals surface area contributed by atoms with Crippen molar-refractivity contribution in [1.29, 1.82) is 0 Å². The molecule has 0 spiro atoms. The van der Waals surface area contributed by atoms with Crippen LogP contribution < -0.4 is 11.1 Å². The van der Waals surface area contributed by atoms with Crippen molar-refractivity contribution in [1.82, 2.24) is 23.8 Å². The van der Waals surface area contributed by atoms with E-state index in [4.69, 9.17) is 19.9 Å². The first-order valence-corrected chi connectivity index (χ1v) is 38.4. The Bertz CT molecular complexity index is 7370. The first-order chi connectivity index (χ1) is 54.3. The second-order valence-electron chi connectivity index (χ2n) is 31.4. The quantitative estimate of drug-likeness (QED) is 0.134. The van der Waals surface area contributed by atoms with Gasteiger partial charge in [0.2, 0.25) is 0 Å². The Labute approximate surface area is 640 Å². The minimum Gasteiger partial charge on any atom is -0.275 e. The van der Waals surface area contributed by atoms with Crippen LogP contribution in [0.5, 0.6) is 0 Å². The van der Waals surface area contributed by atoms with E-state index in [1.165, 1.54) is 44.5 Å². The van der Waals surface area contributed by atoms with Gasteiger partial charge in [-0.2, -0.15) is 0 Å². The van der Waals surface area contributed by atoms with E-state index in [0.29, 0.717) is 41.1 Å². The molecule has 0 amide bonds. The van der Waals surface area contributed by atoms with Gasteiger partial charge in [-0.1, -0.05) is 264 Å². The summed E-state index contributed by atoms with van der Waals surface area (Å²) in [5.74, 6) is 1.70. The molecule has 5 aromatic heterocycles.